The number of carbonyl (C=O) groups is 2. The quantitative estimate of drug-likeness (QED) is 0.535. The van der Waals surface area contributed by atoms with Crippen LogP contribution in [0, 0.1) is 11.6 Å². The van der Waals surface area contributed by atoms with Crippen molar-refractivity contribution in [2.45, 2.75) is 29.3 Å². The number of nitrogens with zero attached hydrogens (tertiary/aromatic N) is 2. The van der Waals surface area contributed by atoms with Crippen LogP contribution < -0.4 is 4.90 Å². The molecule has 2 heterocycles. The maximum absolute atomic E-state index is 14.0. The number of amides is 1. The van der Waals surface area contributed by atoms with E-state index in [1.54, 1.807) is 0 Å². The van der Waals surface area contributed by atoms with Crippen LogP contribution in [0.1, 0.15) is 17.0 Å². The number of benzene rings is 2. The number of alkyl halides is 3. The van der Waals surface area contributed by atoms with Crippen molar-refractivity contribution in [3.8, 4) is 0 Å². The molecular formula is C19H11F5N2O3S2. The number of thiazole rings is 1. The average molecular weight is 474 g/mol. The lowest BCUT2D eigenvalue weighted by molar-refractivity contribution is -0.138. The highest BCUT2D eigenvalue weighted by molar-refractivity contribution is 8.01. The van der Waals surface area contributed by atoms with Crippen molar-refractivity contribution in [3.63, 3.8) is 0 Å². The van der Waals surface area contributed by atoms with Crippen LogP contribution in [-0.2, 0) is 22.3 Å². The molecule has 162 valence electrons. The molecule has 4 rings (SSSR count). The molecule has 1 aromatic heterocycles. The minimum Gasteiger partial charge on any atom is -0.481 e. The van der Waals surface area contributed by atoms with E-state index in [1.165, 1.54) is 12.1 Å². The van der Waals surface area contributed by atoms with Crippen molar-refractivity contribution in [2.75, 3.05) is 4.90 Å². The predicted octanol–water partition coefficient (Wildman–Crippen LogP) is 5.08. The van der Waals surface area contributed by atoms with Gasteiger partial charge < -0.3 is 10.0 Å². The first-order valence-electron chi connectivity index (χ1n) is 8.69. The standard InChI is InChI=1S/C19H11F5N2O3S2/c20-9-2-3-10-17(16(9)21)31-14(25-10)7-26-11-5-8(19(22,23)24)1-4-12(11)30-13(18(26)29)6-15(27)28/h1-5,13H,6-7H2,(H,27,28). The Morgan fingerprint density at radius 1 is 1.19 bits per heavy atom. The third-order valence-corrected chi connectivity index (χ3v) is 6.84. The Labute approximate surface area is 179 Å². The maximum Gasteiger partial charge on any atom is 0.416 e. The fourth-order valence-electron chi connectivity index (χ4n) is 3.14. The van der Waals surface area contributed by atoms with Crippen molar-refractivity contribution in [3.05, 3.63) is 52.5 Å². The van der Waals surface area contributed by atoms with Gasteiger partial charge in [0.2, 0.25) is 5.91 Å². The first-order chi connectivity index (χ1) is 14.5. The summed E-state index contributed by atoms with van der Waals surface area (Å²) < 4.78 is 67.0. The van der Waals surface area contributed by atoms with E-state index in [2.05, 4.69) is 4.98 Å². The molecule has 12 heteroatoms. The smallest absolute Gasteiger partial charge is 0.416 e. The summed E-state index contributed by atoms with van der Waals surface area (Å²) in [6.45, 7) is -0.315. The molecule has 0 bridgehead atoms. The second-order valence-electron chi connectivity index (χ2n) is 6.63. The number of halogens is 5. The molecule has 31 heavy (non-hydrogen) atoms. The summed E-state index contributed by atoms with van der Waals surface area (Å²) in [6.07, 6.45) is -5.18. The van der Waals surface area contributed by atoms with Crippen LogP contribution in [0.4, 0.5) is 27.6 Å². The molecule has 0 saturated carbocycles. The Kier molecular flexibility index (Phi) is 5.38. The molecule has 5 nitrogen and oxygen atoms in total. The number of anilines is 1. The van der Waals surface area contributed by atoms with Gasteiger partial charge in [-0.05, 0) is 30.3 Å². The lowest BCUT2D eigenvalue weighted by Gasteiger charge is -2.33. The lowest BCUT2D eigenvalue weighted by atomic mass is 10.1. The zero-order chi connectivity index (χ0) is 22.5. The number of thioether (sulfide) groups is 1. The van der Waals surface area contributed by atoms with Crippen molar-refractivity contribution in [1.82, 2.24) is 4.98 Å². The van der Waals surface area contributed by atoms with Crippen LogP contribution in [0.25, 0.3) is 10.2 Å². The number of hydrogen-bond donors (Lipinski definition) is 1. The summed E-state index contributed by atoms with van der Waals surface area (Å²) in [5.41, 5.74) is -0.875. The van der Waals surface area contributed by atoms with Gasteiger partial charge in [-0.15, -0.1) is 23.1 Å². The summed E-state index contributed by atoms with van der Waals surface area (Å²) in [4.78, 5) is 29.5. The zero-order valence-corrected chi connectivity index (χ0v) is 16.9. The van der Waals surface area contributed by atoms with Crippen molar-refractivity contribution < 1.29 is 36.6 Å². The number of carboxylic acid groups (broad SMARTS) is 1. The highest BCUT2D eigenvalue weighted by Crippen LogP contribution is 2.44. The van der Waals surface area contributed by atoms with E-state index in [0.29, 0.717) is 4.90 Å². The van der Waals surface area contributed by atoms with Gasteiger partial charge in [0.05, 0.1) is 39.7 Å². The van der Waals surface area contributed by atoms with E-state index in [9.17, 15) is 31.5 Å². The second kappa shape index (κ2) is 7.75. The van der Waals surface area contributed by atoms with Crippen molar-refractivity contribution in [1.29, 1.82) is 0 Å². The van der Waals surface area contributed by atoms with E-state index < -0.39 is 46.9 Å². The largest absolute Gasteiger partial charge is 0.481 e. The van der Waals surface area contributed by atoms with Gasteiger partial charge >= 0.3 is 12.1 Å². The number of carboxylic acids is 1. The monoisotopic (exact) mass is 474 g/mol. The third-order valence-electron chi connectivity index (χ3n) is 4.54. The van der Waals surface area contributed by atoms with Gasteiger partial charge in [-0.3, -0.25) is 9.59 Å². The van der Waals surface area contributed by atoms with E-state index in [-0.39, 0.29) is 27.5 Å². The van der Waals surface area contributed by atoms with Gasteiger partial charge in [0.25, 0.3) is 0 Å². The highest BCUT2D eigenvalue weighted by Gasteiger charge is 2.38. The Hall–Kier alpha value is -2.73. The first kappa shape index (κ1) is 21.5. The minimum absolute atomic E-state index is 0.0441. The fraction of sp³-hybridized carbons (Fsp3) is 0.211. The van der Waals surface area contributed by atoms with Gasteiger partial charge in [0.15, 0.2) is 11.6 Å². The van der Waals surface area contributed by atoms with Crippen LogP contribution >= 0.6 is 23.1 Å². The fourth-order valence-corrected chi connectivity index (χ4v) is 5.31. The van der Waals surface area contributed by atoms with E-state index in [4.69, 9.17) is 5.11 Å². The molecule has 1 atom stereocenters. The summed E-state index contributed by atoms with van der Waals surface area (Å²) in [6, 6.07) is 5.00. The zero-order valence-electron chi connectivity index (χ0n) is 15.2. The van der Waals surface area contributed by atoms with Gasteiger partial charge in [0, 0.05) is 4.90 Å². The number of rotatable bonds is 4. The molecule has 1 N–H and O–H groups in total. The van der Waals surface area contributed by atoms with Crippen LogP contribution in [0.15, 0.2) is 35.2 Å². The molecule has 2 aromatic carbocycles. The summed E-state index contributed by atoms with van der Waals surface area (Å²) >= 11 is 1.64. The van der Waals surface area contributed by atoms with Crippen LogP contribution in [0.5, 0.6) is 0 Å². The van der Waals surface area contributed by atoms with Gasteiger partial charge in [-0.2, -0.15) is 13.2 Å². The number of aromatic nitrogens is 1. The van der Waals surface area contributed by atoms with Crippen molar-refractivity contribution >= 4 is 50.9 Å². The molecule has 0 aliphatic carbocycles. The molecule has 0 fully saturated rings. The molecule has 1 aliphatic heterocycles. The van der Waals surface area contributed by atoms with Crippen LogP contribution in [0.3, 0.4) is 0 Å². The van der Waals surface area contributed by atoms with E-state index in [0.717, 1.165) is 46.2 Å². The SMILES string of the molecule is O=C(O)CC1Sc2ccc(C(F)(F)F)cc2N(Cc2nc3ccc(F)c(F)c3s2)C1=O. The number of carbonyl (C=O) groups excluding carboxylic acids is 1. The van der Waals surface area contributed by atoms with Crippen molar-refractivity contribution in [2.24, 2.45) is 0 Å². The number of hydrogen-bond acceptors (Lipinski definition) is 5. The molecule has 1 unspecified atom stereocenters. The minimum atomic E-state index is -4.65. The van der Waals surface area contributed by atoms with Crippen LogP contribution in [-0.4, -0.2) is 27.2 Å². The molecular weight excluding hydrogens is 463 g/mol. The second-order valence-corrected chi connectivity index (χ2v) is 8.95. The third kappa shape index (κ3) is 4.09. The number of fused-ring (bicyclic) bond motifs is 2. The lowest BCUT2D eigenvalue weighted by Crippen LogP contribution is -2.41. The van der Waals surface area contributed by atoms with Crippen LogP contribution in [0.2, 0.25) is 0 Å². The van der Waals surface area contributed by atoms with Gasteiger partial charge in [-0.25, -0.2) is 13.8 Å². The van der Waals surface area contributed by atoms with E-state index in [1.807, 2.05) is 0 Å². The normalized spacial score (nSPS) is 16.6. The first-order valence-corrected chi connectivity index (χ1v) is 10.4. The Morgan fingerprint density at radius 3 is 2.61 bits per heavy atom. The Morgan fingerprint density at radius 2 is 1.94 bits per heavy atom. The van der Waals surface area contributed by atoms with E-state index >= 15 is 0 Å². The Balaban J connectivity index is 1.78. The Bertz CT molecular complexity index is 1210. The summed E-state index contributed by atoms with van der Waals surface area (Å²) in [7, 11) is 0. The number of aliphatic carboxylic acids is 1. The molecule has 1 amide bonds. The van der Waals surface area contributed by atoms with Gasteiger partial charge in [-0.1, -0.05) is 0 Å². The summed E-state index contributed by atoms with van der Waals surface area (Å²) in [5, 5.41) is 8.20. The summed E-state index contributed by atoms with van der Waals surface area (Å²) in [5.74, 6) is -4.12. The molecule has 1 aliphatic rings. The highest BCUT2D eigenvalue weighted by atomic mass is 32.2. The molecule has 0 spiro atoms. The van der Waals surface area contributed by atoms with Gasteiger partial charge in [0.1, 0.15) is 5.01 Å². The maximum atomic E-state index is 14.0. The average Bonchev–Trinajstić information content (AvgIpc) is 3.10. The molecule has 0 saturated heterocycles. The molecule has 0 radical (unpaired) electrons. The molecule has 3 aromatic rings. The predicted molar refractivity (Wildman–Crippen MR) is 104 cm³/mol. The topological polar surface area (TPSA) is 70.5 Å².